The third-order valence-corrected chi connectivity index (χ3v) is 4.48. The number of benzene rings is 2. The van der Waals surface area contributed by atoms with E-state index in [9.17, 15) is 23.5 Å². The average Bonchev–Trinajstić information content (AvgIpc) is 3.12. The van der Waals surface area contributed by atoms with Gasteiger partial charge in [0.15, 0.2) is 22.9 Å². The molecule has 28 heavy (non-hydrogen) atoms. The van der Waals surface area contributed by atoms with Crippen LogP contribution in [-0.2, 0) is 9.53 Å². The number of hydrogen-bond acceptors (Lipinski definition) is 6. The van der Waals surface area contributed by atoms with Gasteiger partial charge < -0.3 is 9.84 Å². The summed E-state index contributed by atoms with van der Waals surface area (Å²) in [5, 5.41) is 13.9. The van der Waals surface area contributed by atoms with Gasteiger partial charge in [-0.25, -0.2) is 18.6 Å². The van der Waals surface area contributed by atoms with Gasteiger partial charge in [0, 0.05) is 10.9 Å². The first-order chi connectivity index (χ1) is 13.3. The summed E-state index contributed by atoms with van der Waals surface area (Å²) in [6.45, 7) is 1.37. The maximum Gasteiger partial charge on any atom is 0.342 e. The van der Waals surface area contributed by atoms with Gasteiger partial charge in [0.05, 0.1) is 5.69 Å². The van der Waals surface area contributed by atoms with Crippen LogP contribution in [0.5, 0.6) is 5.75 Å². The van der Waals surface area contributed by atoms with Gasteiger partial charge in [-0.15, -0.1) is 11.3 Å². The molecule has 6 nitrogen and oxygen atoms in total. The molecule has 0 aliphatic rings. The predicted molar refractivity (Wildman–Crippen MR) is 99.1 cm³/mol. The van der Waals surface area contributed by atoms with Crippen molar-refractivity contribution in [2.24, 2.45) is 0 Å². The Balaban J connectivity index is 1.64. The van der Waals surface area contributed by atoms with E-state index in [2.05, 4.69) is 10.3 Å². The molecule has 2 aromatic carbocycles. The number of nitrogens with one attached hydrogen (secondary N) is 1. The Labute approximate surface area is 162 Å². The molecule has 0 unspecified atom stereocenters. The van der Waals surface area contributed by atoms with Gasteiger partial charge in [-0.05, 0) is 37.3 Å². The second kappa shape index (κ2) is 8.13. The number of hydrogen-bond donors (Lipinski definition) is 2. The highest BCUT2D eigenvalue weighted by atomic mass is 32.1. The number of ether oxygens (including phenoxy) is 1. The number of nitrogens with zero attached hydrogens (tertiary/aromatic N) is 1. The van der Waals surface area contributed by atoms with E-state index in [-0.39, 0.29) is 16.4 Å². The Bertz CT molecular complexity index is 1040. The van der Waals surface area contributed by atoms with Crippen molar-refractivity contribution in [1.82, 2.24) is 4.98 Å². The number of carbonyl (C=O) groups is 2. The van der Waals surface area contributed by atoms with Crippen LogP contribution in [0.15, 0.2) is 47.8 Å². The fraction of sp³-hybridized carbons (Fsp3) is 0.105. The fourth-order valence-corrected chi connectivity index (χ4v) is 2.97. The lowest BCUT2D eigenvalue weighted by atomic mass is 10.2. The van der Waals surface area contributed by atoms with Crippen LogP contribution in [0.3, 0.4) is 0 Å². The van der Waals surface area contributed by atoms with Crippen LogP contribution in [0.1, 0.15) is 17.3 Å². The molecule has 144 valence electrons. The van der Waals surface area contributed by atoms with Crippen molar-refractivity contribution >= 4 is 28.3 Å². The highest BCUT2D eigenvalue weighted by Crippen LogP contribution is 2.26. The number of aromatic hydroxyl groups is 1. The summed E-state index contributed by atoms with van der Waals surface area (Å²) in [6, 6.07) is 9.17. The monoisotopic (exact) mass is 404 g/mol. The van der Waals surface area contributed by atoms with Gasteiger partial charge in [0.2, 0.25) is 0 Å². The number of amides is 1. The summed E-state index contributed by atoms with van der Waals surface area (Å²) < 4.78 is 31.4. The molecule has 0 aliphatic carbocycles. The number of thiazole rings is 1. The maximum absolute atomic E-state index is 13.3. The second-order valence-electron chi connectivity index (χ2n) is 5.72. The minimum absolute atomic E-state index is 0.0583. The summed E-state index contributed by atoms with van der Waals surface area (Å²) >= 11 is 1.08. The lowest BCUT2D eigenvalue weighted by Gasteiger charge is -2.12. The number of rotatable bonds is 5. The number of phenolic OH excluding ortho intramolecular Hbond substituents is 1. The van der Waals surface area contributed by atoms with Crippen LogP contribution < -0.4 is 5.32 Å². The van der Waals surface area contributed by atoms with Crippen LogP contribution in [0.4, 0.5) is 13.9 Å². The first-order valence-electron chi connectivity index (χ1n) is 8.06. The number of carbonyl (C=O) groups excluding carboxylic acids is 2. The van der Waals surface area contributed by atoms with E-state index < -0.39 is 29.6 Å². The molecule has 3 aromatic rings. The van der Waals surface area contributed by atoms with Gasteiger partial charge in [0.25, 0.3) is 5.91 Å². The number of phenols is 1. The van der Waals surface area contributed by atoms with E-state index in [1.165, 1.54) is 25.1 Å². The smallest absolute Gasteiger partial charge is 0.342 e. The van der Waals surface area contributed by atoms with E-state index >= 15 is 0 Å². The van der Waals surface area contributed by atoms with Crippen LogP contribution in [0, 0.1) is 11.6 Å². The number of para-hydroxylation sites is 1. The highest BCUT2D eigenvalue weighted by Gasteiger charge is 2.21. The predicted octanol–water partition coefficient (Wildman–Crippen LogP) is 3.98. The van der Waals surface area contributed by atoms with Crippen LogP contribution >= 0.6 is 11.3 Å². The van der Waals surface area contributed by atoms with Crippen molar-refractivity contribution in [2.75, 3.05) is 5.32 Å². The minimum Gasteiger partial charge on any atom is -0.507 e. The summed E-state index contributed by atoms with van der Waals surface area (Å²) in [6.07, 6.45) is -1.15. The van der Waals surface area contributed by atoms with Crippen molar-refractivity contribution in [3.63, 3.8) is 0 Å². The third kappa shape index (κ3) is 4.32. The van der Waals surface area contributed by atoms with Gasteiger partial charge >= 0.3 is 5.97 Å². The summed E-state index contributed by atoms with van der Waals surface area (Å²) in [5.41, 5.74) is 0.657. The molecular formula is C19H14F2N2O4S. The van der Waals surface area contributed by atoms with Crippen LogP contribution in [0.2, 0.25) is 0 Å². The molecule has 0 spiro atoms. The maximum atomic E-state index is 13.3. The summed E-state index contributed by atoms with van der Waals surface area (Å²) in [7, 11) is 0. The molecule has 1 amide bonds. The zero-order valence-electron chi connectivity index (χ0n) is 14.5. The molecule has 2 N–H and O–H groups in total. The van der Waals surface area contributed by atoms with Crippen molar-refractivity contribution in [3.05, 3.63) is 65.0 Å². The Kier molecular flexibility index (Phi) is 5.65. The Morgan fingerprint density at radius 3 is 2.64 bits per heavy atom. The lowest BCUT2D eigenvalue weighted by molar-refractivity contribution is -0.123. The number of halogens is 2. The van der Waals surface area contributed by atoms with E-state index in [1.54, 1.807) is 17.5 Å². The zero-order chi connectivity index (χ0) is 20.3. The molecule has 0 radical (unpaired) electrons. The molecule has 9 heteroatoms. The van der Waals surface area contributed by atoms with Gasteiger partial charge in [0.1, 0.15) is 11.3 Å². The van der Waals surface area contributed by atoms with Gasteiger partial charge in [-0.1, -0.05) is 12.1 Å². The third-order valence-electron chi connectivity index (χ3n) is 3.73. The molecule has 0 saturated heterocycles. The molecule has 3 rings (SSSR count). The highest BCUT2D eigenvalue weighted by molar-refractivity contribution is 7.14. The summed E-state index contributed by atoms with van der Waals surface area (Å²) in [5.74, 6) is -3.69. The largest absolute Gasteiger partial charge is 0.507 e. The number of aromatic nitrogens is 1. The van der Waals surface area contributed by atoms with E-state index in [1.807, 2.05) is 0 Å². The number of anilines is 1. The average molecular weight is 404 g/mol. The Morgan fingerprint density at radius 2 is 1.93 bits per heavy atom. The molecule has 1 atom stereocenters. The standard InChI is InChI=1S/C19H14F2N2O4S/c1-10(27-18(26)12-4-2-3-5-16(12)24)17(25)23-19-22-15(9-28-19)11-6-7-13(20)14(21)8-11/h2-10,24H,1H3,(H,22,23,25)/t10-/m0/s1. The van der Waals surface area contributed by atoms with Gasteiger partial charge in [-0.2, -0.15) is 0 Å². The summed E-state index contributed by atoms with van der Waals surface area (Å²) in [4.78, 5) is 28.4. The molecular weight excluding hydrogens is 390 g/mol. The van der Waals surface area contributed by atoms with Gasteiger partial charge in [-0.3, -0.25) is 10.1 Å². The molecule has 1 heterocycles. The van der Waals surface area contributed by atoms with E-state index in [0.717, 1.165) is 23.5 Å². The Morgan fingerprint density at radius 1 is 1.18 bits per heavy atom. The molecule has 0 aliphatic heterocycles. The van der Waals surface area contributed by atoms with Crippen molar-refractivity contribution in [3.8, 4) is 17.0 Å². The molecule has 0 fully saturated rings. The SMILES string of the molecule is C[C@H](OC(=O)c1ccccc1O)C(=O)Nc1nc(-c2ccc(F)c(F)c2)cs1. The molecule has 0 bridgehead atoms. The Hall–Kier alpha value is -3.33. The fourth-order valence-electron chi connectivity index (χ4n) is 2.25. The normalized spacial score (nSPS) is 11.7. The lowest BCUT2D eigenvalue weighted by Crippen LogP contribution is -2.30. The van der Waals surface area contributed by atoms with Crippen molar-refractivity contribution in [1.29, 1.82) is 0 Å². The van der Waals surface area contributed by atoms with Crippen LogP contribution in [-0.4, -0.2) is 28.1 Å². The first kappa shape index (κ1) is 19.4. The molecule has 0 saturated carbocycles. The molecule has 1 aromatic heterocycles. The van der Waals surface area contributed by atoms with Crippen LogP contribution in [0.25, 0.3) is 11.3 Å². The van der Waals surface area contributed by atoms with Crippen molar-refractivity contribution < 1.29 is 28.2 Å². The minimum atomic E-state index is -1.15. The van der Waals surface area contributed by atoms with E-state index in [4.69, 9.17) is 4.74 Å². The second-order valence-corrected chi connectivity index (χ2v) is 6.58. The quantitative estimate of drug-likeness (QED) is 0.628. The topological polar surface area (TPSA) is 88.5 Å². The van der Waals surface area contributed by atoms with Crippen molar-refractivity contribution in [2.45, 2.75) is 13.0 Å². The number of esters is 1. The zero-order valence-corrected chi connectivity index (χ0v) is 15.3. The van der Waals surface area contributed by atoms with E-state index in [0.29, 0.717) is 11.3 Å². The first-order valence-corrected chi connectivity index (χ1v) is 8.94.